The molecule has 9 aromatic rings. The van der Waals surface area contributed by atoms with Crippen molar-refractivity contribution < 1.29 is 9.47 Å². The summed E-state index contributed by atoms with van der Waals surface area (Å²) in [5.41, 5.74) is 8.21. The van der Waals surface area contributed by atoms with Gasteiger partial charge in [-0.1, -0.05) is 115 Å². The fraction of sp³-hybridized carbons (Fsp3) is 0. The molecule has 240 valence electrons. The van der Waals surface area contributed by atoms with Crippen LogP contribution in [0.3, 0.4) is 0 Å². The lowest BCUT2D eigenvalue weighted by atomic mass is 10.0. The number of ether oxygens (including phenoxy) is 2. The molecule has 0 fully saturated rings. The normalized spacial score (nSPS) is 11.8. The molecule has 6 nitrogen and oxygen atoms in total. The van der Waals surface area contributed by atoms with E-state index in [1.807, 2.05) is 91.0 Å². The molecular weight excluding hydrogens is 629 g/mol. The number of benzene rings is 7. The van der Waals surface area contributed by atoms with Crippen molar-refractivity contribution in [2.45, 2.75) is 0 Å². The van der Waals surface area contributed by atoms with E-state index in [-0.39, 0.29) is 0 Å². The molecule has 10 rings (SSSR count). The standard InChI is InChI=1S/C45H28N4O2/c1-3-12-29(13-4-1)43-46-44(30-14-5-2-6-15-30)48-45(47-43)33-23-25-40-42(28-33)51-39-24-22-32(27-41(39)50-40)31-16-11-17-34(26-31)49-37-20-9-7-18-35(37)36-19-8-10-21-38(36)49/h1-28H. The van der Waals surface area contributed by atoms with Crippen LogP contribution < -0.4 is 9.47 Å². The van der Waals surface area contributed by atoms with Crippen molar-refractivity contribution in [1.82, 2.24) is 19.5 Å². The number of hydrogen-bond acceptors (Lipinski definition) is 5. The number of hydrogen-bond donors (Lipinski definition) is 0. The average Bonchev–Trinajstić information content (AvgIpc) is 3.54. The quantitative estimate of drug-likeness (QED) is 0.184. The van der Waals surface area contributed by atoms with Crippen LogP contribution in [0.15, 0.2) is 170 Å². The first kappa shape index (κ1) is 28.9. The Morgan fingerprint density at radius 3 is 1.37 bits per heavy atom. The SMILES string of the molecule is c1ccc(-c2nc(-c3ccccc3)nc(-c3ccc4c(c3)Oc3ccc(-c5cccc(-n6c7ccccc7c7ccccc76)c5)cc3O4)n2)cc1. The number of fused-ring (bicyclic) bond motifs is 5. The highest BCUT2D eigenvalue weighted by Gasteiger charge is 2.22. The summed E-state index contributed by atoms with van der Waals surface area (Å²) in [4.78, 5) is 14.6. The van der Waals surface area contributed by atoms with Crippen molar-refractivity contribution in [2.24, 2.45) is 0 Å². The van der Waals surface area contributed by atoms with E-state index in [2.05, 4.69) is 83.4 Å². The molecule has 6 heteroatoms. The lowest BCUT2D eigenvalue weighted by Crippen LogP contribution is -2.02. The van der Waals surface area contributed by atoms with Gasteiger partial charge in [0.25, 0.3) is 0 Å². The zero-order valence-corrected chi connectivity index (χ0v) is 27.3. The van der Waals surface area contributed by atoms with E-state index in [1.54, 1.807) is 0 Å². The van der Waals surface area contributed by atoms with Crippen molar-refractivity contribution in [2.75, 3.05) is 0 Å². The van der Waals surface area contributed by atoms with Gasteiger partial charge in [-0.2, -0.15) is 0 Å². The van der Waals surface area contributed by atoms with Crippen LogP contribution in [0.5, 0.6) is 23.0 Å². The van der Waals surface area contributed by atoms with Gasteiger partial charge in [-0.3, -0.25) is 0 Å². The van der Waals surface area contributed by atoms with Gasteiger partial charge in [0.1, 0.15) is 0 Å². The Hall–Kier alpha value is -7.05. The predicted octanol–water partition coefficient (Wildman–Crippen LogP) is 11.5. The molecule has 0 radical (unpaired) electrons. The Labute approximate surface area is 293 Å². The van der Waals surface area contributed by atoms with Gasteiger partial charge in [-0.05, 0) is 65.7 Å². The lowest BCUT2D eigenvalue weighted by Gasteiger charge is -2.22. The minimum absolute atomic E-state index is 0.554. The van der Waals surface area contributed by atoms with E-state index in [0.717, 1.165) is 33.5 Å². The van der Waals surface area contributed by atoms with E-state index in [4.69, 9.17) is 24.4 Å². The van der Waals surface area contributed by atoms with Crippen LogP contribution in [0.2, 0.25) is 0 Å². The Morgan fingerprint density at radius 2 is 0.784 bits per heavy atom. The second-order valence-electron chi connectivity index (χ2n) is 12.5. The molecule has 0 aliphatic carbocycles. The van der Waals surface area contributed by atoms with Gasteiger partial charge in [0.2, 0.25) is 0 Å². The molecule has 3 heterocycles. The molecule has 0 amide bonds. The van der Waals surface area contributed by atoms with Crippen molar-refractivity contribution in [1.29, 1.82) is 0 Å². The van der Waals surface area contributed by atoms with Crippen LogP contribution in [0, 0.1) is 0 Å². The minimum atomic E-state index is 0.554. The predicted molar refractivity (Wildman–Crippen MR) is 202 cm³/mol. The maximum Gasteiger partial charge on any atom is 0.170 e. The van der Waals surface area contributed by atoms with Crippen LogP contribution in [0.4, 0.5) is 0 Å². The molecule has 0 atom stereocenters. The molecule has 2 aromatic heterocycles. The van der Waals surface area contributed by atoms with E-state index in [9.17, 15) is 0 Å². The first-order valence-electron chi connectivity index (χ1n) is 16.9. The minimum Gasteiger partial charge on any atom is -0.449 e. The summed E-state index contributed by atoms with van der Waals surface area (Å²) in [6, 6.07) is 57.6. The van der Waals surface area contributed by atoms with Gasteiger partial charge >= 0.3 is 0 Å². The monoisotopic (exact) mass is 656 g/mol. The van der Waals surface area contributed by atoms with Crippen LogP contribution >= 0.6 is 0 Å². The summed E-state index contributed by atoms with van der Waals surface area (Å²) >= 11 is 0. The molecule has 0 saturated heterocycles. The highest BCUT2D eigenvalue weighted by Crippen LogP contribution is 2.48. The summed E-state index contributed by atoms with van der Waals surface area (Å²) in [5.74, 6) is 4.30. The summed E-state index contributed by atoms with van der Waals surface area (Å²) in [7, 11) is 0. The molecule has 1 aliphatic heterocycles. The zero-order valence-electron chi connectivity index (χ0n) is 27.3. The maximum atomic E-state index is 6.45. The van der Waals surface area contributed by atoms with E-state index in [1.165, 1.54) is 21.8 Å². The fourth-order valence-electron chi connectivity index (χ4n) is 6.86. The Morgan fingerprint density at radius 1 is 0.333 bits per heavy atom. The summed E-state index contributed by atoms with van der Waals surface area (Å²) in [6.07, 6.45) is 0. The fourth-order valence-corrected chi connectivity index (χ4v) is 6.86. The first-order valence-corrected chi connectivity index (χ1v) is 16.9. The molecule has 51 heavy (non-hydrogen) atoms. The van der Waals surface area contributed by atoms with Crippen molar-refractivity contribution in [3.63, 3.8) is 0 Å². The van der Waals surface area contributed by atoms with Gasteiger partial charge in [-0.25, -0.2) is 15.0 Å². The maximum absolute atomic E-state index is 6.45. The molecule has 0 saturated carbocycles. The van der Waals surface area contributed by atoms with Crippen molar-refractivity contribution >= 4 is 21.8 Å². The summed E-state index contributed by atoms with van der Waals surface area (Å²) < 4.78 is 15.2. The van der Waals surface area contributed by atoms with E-state index < -0.39 is 0 Å². The Balaban J connectivity index is 0.987. The number of aromatic nitrogens is 4. The van der Waals surface area contributed by atoms with Crippen molar-refractivity contribution in [3.05, 3.63) is 170 Å². The van der Waals surface area contributed by atoms with Gasteiger partial charge in [-0.15, -0.1) is 0 Å². The molecule has 7 aromatic carbocycles. The summed E-state index contributed by atoms with van der Waals surface area (Å²) in [5, 5.41) is 2.48. The Bertz CT molecular complexity index is 2650. The summed E-state index contributed by atoms with van der Waals surface area (Å²) in [6.45, 7) is 0. The second kappa shape index (κ2) is 11.8. The molecule has 0 bridgehead atoms. The highest BCUT2D eigenvalue weighted by molar-refractivity contribution is 6.09. The Kier molecular flexibility index (Phi) is 6.70. The molecule has 0 unspecified atom stereocenters. The zero-order chi connectivity index (χ0) is 33.7. The topological polar surface area (TPSA) is 62.1 Å². The third-order valence-corrected chi connectivity index (χ3v) is 9.30. The molecule has 0 N–H and O–H groups in total. The number of para-hydroxylation sites is 2. The molecule has 0 spiro atoms. The van der Waals surface area contributed by atoms with Crippen molar-refractivity contribution in [3.8, 4) is 74.0 Å². The third kappa shape index (κ3) is 5.09. The van der Waals surface area contributed by atoms with Gasteiger partial charge in [0.15, 0.2) is 40.5 Å². The number of nitrogens with zero attached hydrogens (tertiary/aromatic N) is 4. The average molecular weight is 657 g/mol. The first-order chi connectivity index (χ1) is 25.2. The van der Waals surface area contributed by atoms with Gasteiger partial charge in [0, 0.05) is 33.2 Å². The highest BCUT2D eigenvalue weighted by atomic mass is 16.6. The smallest absolute Gasteiger partial charge is 0.170 e. The van der Waals surface area contributed by atoms with Gasteiger partial charge < -0.3 is 14.0 Å². The molecule has 1 aliphatic rings. The van der Waals surface area contributed by atoms with Crippen LogP contribution in [0.25, 0.3) is 72.8 Å². The largest absolute Gasteiger partial charge is 0.449 e. The van der Waals surface area contributed by atoms with Crippen LogP contribution in [-0.2, 0) is 0 Å². The van der Waals surface area contributed by atoms with Crippen LogP contribution in [-0.4, -0.2) is 19.5 Å². The van der Waals surface area contributed by atoms with Gasteiger partial charge in [0.05, 0.1) is 11.0 Å². The third-order valence-electron chi connectivity index (χ3n) is 9.30. The molecular formula is C45H28N4O2. The lowest BCUT2D eigenvalue weighted by molar-refractivity contribution is 0.360. The van der Waals surface area contributed by atoms with E-state index in [0.29, 0.717) is 40.5 Å². The van der Waals surface area contributed by atoms with E-state index >= 15 is 0 Å². The van der Waals surface area contributed by atoms with Crippen LogP contribution in [0.1, 0.15) is 0 Å². The second-order valence-corrected chi connectivity index (χ2v) is 12.5. The number of rotatable bonds is 5.